The molecule has 0 aromatic heterocycles. The Hall–Kier alpha value is -2.86. The maximum atomic E-state index is 12.2. The van der Waals surface area contributed by atoms with Gasteiger partial charge in [0.05, 0.1) is 19.1 Å². The second-order valence-corrected chi connectivity index (χ2v) is 5.59. The molecule has 6 nitrogen and oxygen atoms in total. The van der Waals surface area contributed by atoms with E-state index in [-0.39, 0.29) is 18.2 Å². The van der Waals surface area contributed by atoms with Gasteiger partial charge >= 0.3 is 0 Å². The van der Waals surface area contributed by atoms with Crippen LogP contribution >= 0.6 is 0 Å². The largest absolute Gasteiger partial charge is 0.494 e. The van der Waals surface area contributed by atoms with Crippen LogP contribution < -0.4 is 15.4 Å². The molecular formula is C19H22N2O4. The molecule has 0 saturated heterocycles. The summed E-state index contributed by atoms with van der Waals surface area (Å²) in [6, 6.07) is 13.7. The van der Waals surface area contributed by atoms with E-state index in [4.69, 9.17) is 4.74 Å². The Morgan fingerprint density at radius 1 is 1.00 bits per heavy atom. The second kappa shape index (κ2) is 8.84. The van der Waals surface area contributed by atoms with Crippen LogP contribution in [0.5, 0.6) is 5.75 Å². The highest BCUT2D eigenvalue weighted by Crippen LogP contribution is 2.17. The van der Waals surface area contributed by atoms with Gasteiger partial charge < -0.3 is 20.5 Å². The SMILES string of the molecule is CCOc1ccc(NC(=O)c2ccc(NC(=O)CC(C)O)cc2)cc1. The Kier molecular flexibility index (Phi) is 6.54. The summed E-state index contributed by atoms with van der Waals surface area (Å²) in [5.41, 5.74) is 1.72. The summed E-state index contributed by atoms with van der Waals surface area (Å²) < 4.78 is 5.36. The molecule has 0 bridgehead atoms. The van der Waals surface area contributed by atoms with Crippen molar-refractivity contribution in [3.05, 3.63) is 54.1 Å². The number of ether oxygens (including phenoxy) is 1. The fourth-order valence-corrected chi connectivity index (χ4v) is 2.19. The molecule has 1 atom stereocenters. The topological polar surface area (TPSA) is 87.7 Å². The normalized spacial score (nSPS) is 11.5. The number of hydrogen-bond acceptors (Lipinski definition) is 4. The third kappa shape index (κ3) is 5.93. The lowest BCUT2D eigenvalue weighted by molar-refractivity contribution is -0.117. The Morgan fingerprint density at radius 3 is 2.12 bits per heavy atom. The van der Waals surface area contributed by atoms with Gasteiger partial charge in [0.25, 0.3) is 5.91 Å². The zero-order valence-electron chi connectivity index (χ0n) is 14.3. The number of rotatable bonds is 7. The van der Waals surface area contributed by atoms with Crippen LogP contribution in [0.4, 0.5) is 11.4 Å². The third-order valence-corrected chi connectivity index (χ3v) is 3.33. The molecule has 0 aliphatic rings. The van der Waals surface area contributed by atoms with Gasteiger partial charge in [-0.1, -0.05) is 0 Å². The fourth-order valence-electron chi connectivity index (χ4n) is 2.19. The maximum absolute atomic E-state index is 12.2. The first-order chi connectivity index (χ1) is 12.0. The first-order valence-corrected chi connectivity index (χ1v) is 8.10. The number of nitrogens with one attached hydrogen (secondary N) is 2. The number of carbonyl (C=O) groups excluding carboxylic acids is 2. The van der Waals surface area contributed by atoms with Crippen molar-refractivity contribution < 1.29 is 19.4 Å². The highest BCUT2D eigenvalue weighted by Gasteiger charge is 2.09. The Balaban J connectivity index is 1.94. The summed E-state index contributed by atoms with van der Waals surface area (Å²) in [4.78, 5) is 23.8. The smallest absolute Gasteiger partial charge is 0.255 e. The summed E-state index contributed by atoms with van der Waals surface area (Å²) in [5.74, 6) is 0.227. The number of aliphatic hydroxyl groups is 1. The molecule has 1 unspecified atom stereocenters. The van der Waals surface area contributed by atoms with E-state index >= 15 is 0 Å². The molecule has 2 aromatic rings. The molecule has 0 radical (unpaired) electrons. The first-order valence-electron chi connectivity index (χ1n) is 8.10. The van der Waals surface area contributed by atoms with Gasteiger partial charge in [0.2, 0.25) is 5.91 Å². The molecule has 2 aromatic carbocycles. The van der Waals surface area contributed by atoms with Crippen molar-refractivity contribution in [1.82, 2.24) is 0 Å². The van der Waals surface area contributed by atoms with Gasteiger partial charge in [-0.2, -0.15) is 0 Å². The maximum Gasteiger partial charge on any atom is 0.255 e. The van der Waals surface area contributed by atoms with Gasteiger partial charge in [-0.05, 0) is 62.4 Å². The van der Waals surface area contributed by atoms with Crippen LogP contribution in [0.3, 0.4) is 0 Å². The molecule has 0 aliphatic heterocycles. The zero-order chi connectivity index (χ0) is 18.2. The van der Waals surface area contributed by atoms with Crippen LogP contribution in [0.25, 0.3) is 0 Å². The van der Waals surface area contributed by atoms with E-state index in [1.807, 2.05) is 6.92 Å². The van der Waals surface area contributed by atoms with Gasteiger partial charge in [0.1, 0.15) is 5.75 Å². The summed E-state index contributed by atoms with van der Waals surface area (Å²) in [6.45, 7) is 4.05. The van der Waals surface area contributed by atoms with E-state index in [0.717, 1.165) is 5.75 Å². The molecule has 0 spiro atoms. The van der Waals surface area contributed by atoms with Crippen molar-refractivity contribution in [3.8, 4) is 5.75 Å². The van der Waals surface area contributed by atoms with Gasteiger partial charge in [0, 0.05) is 16.9 Å². The van der Waals surface area contributed by atoms with Crippen LogP contribution in [0, 0.1) is 0 Å². The number of anilines is 2. The van der Waals surface area contributed by atoms with E-state index < -0.39 is 6.10 Å². The molecular weight excluding hydrogens is 320 g/mol. The molecule has 0 aliphatic carbocycles. The molecule has 0 fully saturated rings. The van der Waals surface area contributed by atoms with E-state index in [9.17, 15) is 14.7 Å². The average Bonchev–Trinajstić information content (AvgIpc) is 2.56. The Labute approximate surface area is 146 Å². The number of carbonyl (C=O) groups is 2. The number of aliphatic hydroxyl groups excluding tert-OH is 1. The van der Waals surface area contributed by atoms with Crippen molar-refractivity contribution in [2.75, 3.05) is 17.2 Å². The van der Waals surface area contributed by atoms with Crippen molar-refractivity contribution in [1.29, 1.82) is 0 Å². The lowest BCUT2D eigenvalue weighted by Gasteiger charge is -2.09. The van der Waals surface area contributed by atoms with E-state index in [0.29, 0.717) is 23.5 Å². The van der Waals surface area contributed by atoms with E-state index in [2.05, 4.69) is 10.6 Å². The van der Waals surface area contributed by atoms with Crippen LogP contribution in [0.1, 0.15) is 30.6 Å². The molecule has 2 rings (SSSR count). The summed E-state index contributed by atoms with van der Waals surface area (Å²) >= 11 is 0. The molecule has 3 N–H and O–H groups in total. The number of hydrogen-bond donors (Lipinski definition) is 3. The number of amides is 2. The molecule has 0 saturated carbocycles. The second-order valence-electron chi connectivity index (χ2n) is 5.59. The van der Waals surface area contributed by atoms with Gasteiger partial charge in [0.15, 0.2) is 0 Å². The van der Waals surface area contributed by atoms with E-state index in [1.54, 1.807) is 55.5 Å². The standard InChI is InChI=1S/C19H22N2O4/c1-3-25-17-10-8-16(9-11-17)21-19(24)14-4-6-15(7-5-14)20-18(23)12-13(2)22/h4-11,13,22H,3,12H2,1-2H3,(H,20,23)(H,21,24). The first kappa shape index (κ1) is 18.5. The highest BCUT2D eigenvalue weighted by molar-refractivity contribution is 6.04. The van der Waals surface area contributed by atoms with Crippen molar-refractivity contribution in [2.45, 2.75) is 26.4 Å². The lowest BCUT2D eigenvalue weighted by atomic mass is 10.1. The predicted octanol–water partition coefficient (Wildman–Crippen LogP) is 3.05. The van der Waals surface area contributed by atoms with Crippen LogP contribution in [0.2, 0.25) is 0 Å². The molecule has 6 heteroatoms. The van der Waals surface area contributed by atoms with Crippen molar-refractivity contribution in [3.63, 3.8) is 0 Å². The van der Waals surface area contributed by atoms with Gasteiger partial charge in [-0.25, -0.2) is 0 Å². The monoisotopic (exact) mass is 342 g/mol. The third-order valence-electron chi connectivity index (χ3n) is 3.33. The molecule has 0 heterocycles. The fraction of sp³-hybridized carbons (Fsp3) is 0.263. The van der Waals surface area contributed by atoms with E-state index in [1.165, 1.54) is 0 Å². The minimum atomic E-state index is -0.695. The minimum absolute atomic E-state index is 0.0278. The number of benzene rings is 2. The van der Waals surface area contributed by atoms with Crippen LogP contribution in [-0.4, -0.2) is 29.6 Å². The van der Waals surface area contributed by atoms with Crippen molar-refractivity contribution in [2.24, 2.45) is 0 Å². The van der Waals surface area contributed by atoms with Crippen LogP contribution in [0.15, 0.2) is 48.5 Å². The Morgan fingerprint density at radius 2 is 1.56 bits per heavy atom. The lowest BCUT2D eigenvalue weighted by Crippen LogP contribution is -2.17. The predicted molar refractivity (Wildman–Crippen MR) is 96.9 cm³/mol. The summed E-state index contributed by atoms with van der Waals surface area (Å²) in [6.07, 6.45) is -0.667. The van der Waals surface area contributed by atoms with Gasteiger partial charge in [-0.3, -0.25) is 9.59 Å². The molecule has 2 amide bonds. The highest BCUT2D eigenvalue weighted by atomic mass is 16.5. The molecule has 132 valence electrons. The summed E-state index contributed by atoms with van der Waals surface area (Å²) in [7, 11) is 0. The average molecular weight is 342 g/mol. The molecule has 25 heavy (non-hydrogen) atoms. The Bertz CT molecular complexity index is 709. The minimum Gasteiger partial charge on any atom is -0.494 e. The van der Waals surface area contributed by atoms with Crippen molar-refractivity contribution >= 4 is 23.2 Å². The summed E-state index contributed by atoms with van der Waals surface area (Å²) in [5, 5.41) is 14.6. The quantitative estimate of drug-likeness (QED) is 0.722. The van der Waals surface area contributed by atoms with Crippen LogP contribution in [-0.2, 0) is 4.79 Å². The van der Waals surface area contributed by atoms with Gasteiger partial charge in [-0.15, -0.1) is 0 Å². The zero-order valence-corrected chi connectivity index (χ0v) is 14.3.